The first-order chi connectivity index (χ1) is 5.52. The zero-order valence-corrected chi connectivity index (χ0v) is 8.86. The van der Waals surface area contributed by atoms with E-state index in [-0.39, 0.29) is 11.7 Å². The number of hydrogen-bond donors (Lipinski definition) is 0. The minimum Gasteiger partial charge on any atom is -0.270 e. The fourth-order valence-corrected chi connectivity index (χ4v) is 2.17. The van der Waals surface area contributed by atoms with Gasteiger partial charge in [0.25, 0.3) is 10.1 Å². The van der Waals surface area contributed by atoms with E-state index < -0.39 is 10.1 Å². The van der Waals surface area contributed by atoms with Crippen molar-refractivity contribution in [1.29, 1.82) is 0 Å². The predicted molar refractivity (Wildman–Crippen MR) is 49.5 cm³/mol. The lowest BCUT2D eigenvalue weighted by Crippen LogP contribution is -2.16. The van der Waals surface area contributed by atoms with E-state index in [0.29, 0.717) is 6.61 Å². The summed E-state index contributed by atoms with van der Waals surface area (Å²) in [5.41, 5.74) is 0. The van der Waals surface area contributed by atoms with Crippen molar-refractivity contribution in [1.82, 2.24) is 0 Å². The highest BCUT2D eigenvalue weighted by Crippen LogP contribution is 2.06. The maximum atomic E-state index is 11.1. The Bertz CT molecular complexity index is 196. The molecule has 0 aromatic carbocycles. The van der Waals surface area contributed by atoms with Crippen LogP contribution in [-0.2, 0) is 14.3 Å². The van der Waals surface area contributed by atoms with Crippen LogP contribution in [0, 0.1) is 5.92 Å². The van der Waals surface area contributed by atoms with Crippen LogP contribution < -0.4 is 0 Å². The van der Waals surface area contributed by atoms with E-state index >= 15 is 0 Å². The van der Waals surface area contributed by atoms with Crippen LogP contribution in [0.15, 0.2) is 0 Å². The predicted octanol–water partition coefficient (Wildman–Crippen LogP) is 1.79. The Kier molecular flexibility index (Phi) is 5.50. The summed E-state index contributed by atoms with van der Waals surface area (Å²) in [5.74, 6) is 0.329. The highest BCUT2D eigenvalue weighted by molar-refractivity contribution is 7.86. The normalized spacial score (nSPS) is 14.6. The fourth-order valence-electron chi connectivity index (χ4n) is 0.725. The Balaban J connectivity index is 3.88. The van der Waals surface area contributed by atoms with Crippen LogP contribution >= 0.6 is 0 Å². The van der Waals surface area contributed by atoms with Gasteiger partial charge in [0, 0.05) is 0 Å². The fraction of sp³-hybridized carbons (Fsp3) is 1.00. The van der Waals surface area contributed by atoms with E-state index in [2.05, 4.69) is 0 Å². The van der Waals surface area contributed by atoms with Crippen molar-refractivity contribution < 1.29 is 12.6 Å². The molecule has 0 rings (SSSR count). The molecule has 0 spiro atoms. The van der Waals surface area contributed by atoms with E-state index in [1.165, 1.54) is 0 Å². The van der Waals surface area contributed by atoms with Crippen molar-refractivity contribution in [2.75, 3.05) is 12.4 Å². The van der Waals surface area contributed by atoms with Crippen LogP contribution in [-0.4, -0.2) is 20.8 Å². The van der Waals surface area contributed by atoms with Crippen LogP contribution in [0.25, 0.3) is 0 Å². The molecule has 0 radical (unpaired) electrons. The summed E-state index contributed by atoms with van der Waals surface area (Å²) >= 11 is 0. The maximum absolute atomic E-state index is 11.1. The van der Waals surface area contributed by atoms with Crippen LogP contribution in [0.3, 0.4) is 0 Å². The van der Waals surface area contributed by atoms with E-state index in [4.69, 9.17) is 4.18 Å². The Morgan fingerprint density at radius 3 is 2.33 bits per heavy atom. The van der Waals surface area contributed by atoms with E-state index in [0.717, 1.165) is 12.8 Å². The Labute approximate surface area is 75.2 Å². The molecule has 0 aromatic heterocycles. The summed E-state index contributed by atoms with van der Waals surface area (Å²) in [6.45, 7) is 6.07. The molecule has 1 atom stereocenters. The number of rotatable bonds is 6. The smallest absolute Gasteiger partial charge is 0.267 e. The molecule has 0 saturated heterocycles. The molecule has 0 N–H and O–H groups in total. The lowest BCUT2D eigenvalue weighted by molar-refractivity contribution is 0.314. The monoisotopic (exact) mass is 194 g/mol. The van der Waals surface area contributed by atoms with E-state index in [1.54, 1.807) is 0 Å². The van der Waals surface area contributed by atoms with Gasteiger partial charge in [-0.05, 0) is 12.3 Å². The molecule has 0 aliphatic carbocycles. The quantitative estimate of drug-likeness (QED) is 0.605. The van der Waals surface area contributed by atoms with Gasteiger partial charge in [0.15, 0.2) is 0 Å². The molecule has 0 heterocycles. The minimum atomic E-state index is -3.26. The molecule has 12 heavy (non-hydrogen) atoms. The van der Waals surface area contributed by atoms with Crippen molar-refractivity contribution in [3.8, 4) is 0 Å². The van der Waals surface area contributed by atoms with Gasteiger partial charge in [0.05, 0.1) is 12.4 Å². The van der Waals surface area contributed by atoms with Crippen LogP contribution in [0.4, 0.5) is 0 Å². The third-order valence-corrected chi connectivity index (χ3v) is 3.16. The summed E-state index contributed by atoms with van der Waals surface area (Å²) in [4.78, 5) is 0. The Morgan fingerprint density at radius 1 is 1.33 bits per heavy atom. The van der Waals surface area contributed by atoms with Crippen molar-refractivity contribution >= 4 is 10.1 Å². The van der Waals surface area contributed by atoms with Gasteiger partial charge in [-0.25, -0.2) is 0 Å². The molecule has 3 nitrogen and oxygen atoms in total. The maximum Gasteiger partial charge on any atom is 0.267 e. The first-order valence-corrected chi connectivity index (χ1v) is 5.96. The second-order valence-electron chi connectivity index (χ2n) is 3.06. The van der Waals surface area contributed by atoms with Crippen molar-refractivity contribution in [2.24, 2.45) is 5.92 Å². The summed E-state index contributed by atoms with van der Waals surface area (Å²) in [7, 11) is -3.26. The second-order valence-corrected chi connectivity index (χ2v) is 4.74. The molecule has 0 fully saturated rings. The lowest BCUT2D eigenvalue weighted by atomic mass is 10.2. The average Bonchev–Trinajstić information content (AvgIpc) is 2.00. The average molecular weight is 194 g/mol. The van der Waals surface area contributed by atoms with Gasteiger partial charge in [-0.2, -0.15) is 8.42 Å². The Morgan fingerprint density at radius 2 is 1.92 bits per heavy atom. The molecule has 4 heteroatoms. The molecule has 0 saturated carbocycles. The topological polar surface area (TPSA) is 43.4 Å². The first kappa shape index (κ1) is 11.9. The molecule has 0 aliphatic heterocycles. The van der Waals surface area contributed by atoms with Crippen LogP contribution in [0.2, 0.25) is 0 Å². The lowest BCUT2D eigenvalue weighted by Gasteiger charge is -2.08. The zero-order valence-electron chi connectivity index (χ0n) is 8.04. The molecular weight excluding hydrogens is 176 g/mol. The van der Waals surface area contributed by atoms with Crippen molar-refractivity contribution in [2.45, 2.75) is 33.6 Å². The van der Waals surface area contributed by atoms with Gasteiger partial charge < -0.3 is 0 Å². The number of hydrogen-bond acceptors (Lipinski definition) is 3. The van der Waals surface area contributed by atoms with Gasteiger partial charge >= 0.3 is 0 Å². The van der Waals surface area contributed by atoms with E-state index in [9.17, 15) is 8.42 Å². The van der Waals surface area contributed by atoms with Gasteiger partial charge in [-0.3, -0.25) is 4.18 Å². The van der Waals surface area contributed by atoms with Gasteiger partial charge in [-0.1, -0.05) is 27.2 Å². The third-order valence-electron chi connectivity index (χ3n) is 1.65. The van der Waals surface area contributed by atoms with Crippen molar-refractivity contribution in [3.63, 3.8) is 0 Å². The molecule has 1 unspecified atom stereocenters. The molecular formula is C8H18O3S. The largest absolute Gasteiger partial charge is 0.270 e. The molecule has 0 amide bonds. The molecule has 0 bridgehead atoms. The summed E-state index contributed by atoms with van der Waals surface area (Å²) < 4.78 is 27.0. The van der Waals surface area contributed by atoms with Gasteiger partial charge in [0.2, 0.25) is 0 Å². The minimum absolute atomic E-state index is 0.142. The third kappa shape index (κ3) is 5.55. The Hall–Kier alpha value is -0.0900. The molecule has 74 valence electrons. The first-order valence-electron chi connectivity index (χ1n) is 4.39. The van der Waals surface area contributed by atoms with Crippen LogP contribution in [0.1, 0.15) is 33.6 Å². The van der Waals surface area contributed by atoms with Crippen LogP contribution in [0.5, 0.6) is 0 Å². The molecule has 0 aliphatic rings. The summed E-state index contributed by atoms with van der Waals surface area (Å²) in [5, 5.41) is 0. The standard InChI is InChI=1S/C8H18O3S/c1-4-6-11-12(9,10)7-8(3)5-2/h8H,4-7H2,1-3H3. The van der Waals surface area contributed by atoms with Gasteiger partial charge in [0.1, 0.15) is 0 Å². The van der Waals surface area contributed by atoms with Crippen molar-refractivity contribution in [3.05, 3.63) is 0 Å². The molecule has 0 aromatic rings. The highest BCUT2D eigenvalue weighted by atomic mass is 32.2. The second kappa shape index (κ2) is 5.54. The summed E-state index contributed by atoms with van der Waals surface area (Å²) in [6, 6.07) is 0. The SMILES string of the molecule is CCCOS(=O)(=O)CC(C)CC. The highest BCUT2D eigenvalue weighted by Gasteiger charge is 2.14. The van der Waals surface area contributed by atoms with E-state index in [1.807, 2.05) is 20.8 Å². The summed E-state index contributed by atoms with van der Waals surface area (Å²) in [6.07, 6.45) is 1.61. The van der Waals surface area contributed by atoms with Gasteiger partial charge in [-0.15, -0.1) is 0 Å². The zero-order chi connectivity index (χ0) is 9.61.